The fourth-order valence-corrected chi connectivity index (χ4v) is 3.44. The van der Waals surface area contributed by atoms with Crippen LogP contribution in [0.4, 0.5) is 5.69 Å². The average Bonchev–Trinajstić information content (AvgIpc) is 2.86. The molecule has 1 aliphatic rings. The standard InChI is InChI=1S/C22H23NO4/c1-4-27-22(26)17-8-10-18(11-9-17)23-20(24)15(3)19(21(23)25)13-16-7-5-6-14(2)12-16/h5-12,15,19H,4,13H2,1-3H3/t15-,19+/m1/s1. The number of imide groups is 1. The Morgan fingerprint density at radius 2 is 1.78 bits per heavy atom. The van der Waals surface area contributed by atoms with Gasteiger partial charge in [-0.3, -0.25) is 14.5 Å². The average molecular weight is 365 g/mol. The van der Waals surface area contributed by atoms with E-state index in [0.29, 0.717) is 24.3 Å². The Morgan fingerprint density at radius 1 is 1.07 bits per heavy atom. The van der Waals surface area contributed by atoms with Crippen LogP contribution in [0.2, 0.25) is 0 Å². The van der Waals surface area contributed by atoms with E-state index in [9.17, 15) is 14.4 Å². The maximum atomic E-state index is 13.0. The zero-order valence-electron chi connectivity index (χ0n) is 15.8. The van der Waals surface area contributed by atoms with Gasteiger partial charge in [0.05, 0.1) is 23.8 Å². The molecule has 140 valence electrons. The summed E-state index contributed by atoms with van der Waals surface area (Å²) in [4.78, 5) is 38.7. The molecule has 1 heterocycles. The lowest BCUT2D eigenvalue weighted by atomic mass is 9.90. The van der Waals surface area contributed by atoms with Gasteiger partial charge in [-0.15, -0.1) is 0 Å². The van der Waals surface area contributed by atoms with Crippen LogP contribution in [0.1, 0.15) is 35.3 Å². The van der Waals surface area contributed by atoms with Gasteiger partial charge in [-0.05, 0) is 50.1 Å². The second-order valence-electron chi connectivity index (χ2n) is 6.87. The number of hydrogen-bond acceptors (Lipinski definition) is 4. The van der Waals surface area contributed by atoms with Gasteiger partial charge in [-0.2, -0.15) is 0 Å². The normalized spacial score (nSPS) is 19.4. The number of rotatable bonds is 5. The van der Waals surface area contributed by atoms with E-state index in [1.807, 2.05) is 31.2 Å². The summed E-state index contributed by atoms with van der Waals surface area (Å²) in [6, 6.07) is 14.4. The number of ether oxygens (including phenoxy) is 1. The molecule has 5 nitrogen and oxygen atoms in total. The number of benzene rings is 2. The smallest absolute Gasteiger partial charge is 0.338 e. The van der Waals surface area contributed by atoms with Gasteiger partial charge in [-0.25, -0.2) is 4.79 Å². The van der Waals surface area contributed by atoms with E-state index in [2.05, 4.69) is 0 Å². The van der Waals surface area contributed by atoms with E-state index in [4.69, 9.17) is 4.74 Å². The highest BCUT2D eigenvalue weighted by molar-refractivity contribution is 6.22. The maximum Gasteiger partial charge on any atom is 0.338 e. The van der Waals surface area contributed by atoms with Crippen molar-refractivity contribution < 1.29 is 19.1 Å². The molecule has 27 heavy (non-hydrogen) atoms. The molecule has 1 fully saturated rings. The molecular weight excluding hydrogens is 342 g/mol. The summed E-state index contributed by atoms with van der Waals surface area (Å²) >= 11 is 0. The van der Waals surface area contributed by atoms with Crippen LogP contribution in [0.3, 0.4) is 0 Å². The van der Waals surface area contributed by atoms with Crippen molar-refractivity contribution in [3.05, 3.63) is 65.2 Å². The van der Waals surface area contributed by atoms with Crippen LogP contribution < -0.4 is 4.90 Å². The molecule has 0 radical (unpaired) electrons. The lowest BCUT2D eigenvalue weighted by Crippen LogP contribution is -2.31. The van der Waals surface area contributed by atoms with Crippen LogP contribution in [0, 0.1) is 18.8 Å². The molecular formula is C22H23NO4. The van der Waals surface area contributed by atoms with E-state index in [-0.39, 0.29) is 23.7 Å². The summed E-state index contributed by atoms with van der Waals surface area (Å²) < 4.78 is 4.96. The van der Waals surface area contributed by atoms with Gasteiger partial charge in [-0.1, -0.05) is 36.8 Å². The van der Waals surface area contributed by atoms with E-state index in [1.54, 1.807) is 38.1 Å². The minimum Gasteiger partial charge on any atom is -0.462 e. The first-order valence-electron chi connectivity index (χ1n) is 9.13. The summed E-state index contributed by atoms with van der Waals surface area (Å²) in [5.74, 6) is -1.60. The molecule has 2 aromatic rings. The second-order valence-corrected chi connectivity index (χ2v) is 6.87. The number of anilines is 1. The monoisotopic (exact) mass is 365 g/mol. The maximum absolute atomic E-state index is 13.0. The van der Waals surface area contributed by atoms with Gasteiger partial charge in [0.25, 0.3) is 0 Å². The Labute approximate surface area is 158 Å². The largest absolute Gasteiger partial charge is 0.462 e. The summed E-state index contributed by atoms with van der Waals surface area (Å²) in [6.45, 7) is 5.84. The number of carbonyl (C=O) groups excluding carboxylic acids is 3. The minimum atomic E-state index is -0.422. The Hall–Kier alpha value is -2.95. The van der Waals surface area contributed by atoms with Crippen LogP contribution in [0.25, 0.3) is 0 Å². The van der Waals surface area contributed by atoms with Gasteiger partial charge in [0.2, 0.25) is 11.8 Å². The summed E-state index contributed by atoms with van der Waals surface area (Å²) in [5.41, 5.74) is 3.05. The van der Waals surface area contributed by atoms with Gasteiger partial charge in [0.1, 0.15) is 0 Å². The minimum absolute atomic E-state index is 0.196. The Kier molecular flexibility index (Phi) is 5.40. The first-order chi connectivity index (χ1) is 12.9. The first-order valence-corrected chi connectivity index (χ1v) is 9.13. The van der Waals surface area contributed by atoms with Crippen LogP contribution in [-0.4, -0.2) is 24.4 Å². The third-order valence-electron chi connectivity index (χ3n) is 4.93. The summed E-state index contributed by atoms with van der Waals surface area (Å²) in [5, 5.41) is 0. The molecule has 0 bridgehead atoms. The van der Waals surface area contributed by atoms with Crippen molar-refractivity contribution in [2.75, 3.05) is 11.5 Å². The zero-order valence-corrected chi connectivity index (χ0v) is 15.8. The van der Waals surface area contributed by atoms with Gasteiger partial charge >= 0.3 is 5.97 Å². The predicted molar refractivity (Wildman–Crippen MR) is 102 cm³/mol. The predicted octanol–water partition coefficient (Wildman–Crippen LogP) is 3.54. The molecule has 0 aromatic heterocycles. The molecule has 0 aliphatic carbocycles. The molecule has 3 rings (SSSR count). The molecule has 5 heteroatoms. The molecule has 2 atom stereocenters. The van der Waals surface area contributed by atoms with Crippen molar-refractivity contribution in [3.63, 3.8) is 0 Å². The Bertz CT molecular complexity index is 872. The van der Waals surface area contributed by atoms with Crippen LogP contribution >= 0.6 is 0 Å². The molecule has 0 N–H and O–H groups in total. The molecule has 2 amide bonds. The topological polar surface area (TPSA) is 63.7 Å². The Morgan fingerprint density at radius 3 is 2.41 bits per heavy atom. The zero-order chi connectivity index (χ0) is 19.6. The van der Waals surface area contributed by atoms with Gasteiger partial charge in [0, 0.05) is 5.92 Å². The Balaban J connectivity index is 1.81. The molecule has 1 aliphatic heterocycles. The SMILES string of the molecule is CCOC(=O)c1ccc(N2C(=O)[C@@H](Cc3cccc(C)c3)[C@@H](C)C2=O)cc1. The van der Waals surface area contributed by atoms with E-state index < -0.39 is 5.97 Å². The third-order valence-corrected chi connectivity index (χ3v) is 4.93. The highest BCUT2D eigenvalue weighted by atomic mass is 16.5. The number of amides is 2. The molecule has 0 unspecified atom stereocenters. The number of aryl methyl sites for hydroxylation is 1. The van der Waals surface area contributed by atoms with Gasteiger partial charge < -0.3 is 4.74 Å². The molecule has 2 aromatic carbocycles. The van der Waals surface area contributed by atoms with E-state index in [0.717, 1.165) is 11.1 Å². The van der Waals surface area contributed by atoms with E-state index in [1.165, 1.54) is 4.90 Å². The highest BCUT2D eigenvalue weighted by Crippen LogP contribution is 2.33. The summed E-state index contributed by atoms with van der Waals surface area (Å²) in [7, 11) is 0. The number of carbonyl (C=O) groups is 3. The lowest BCUT2D eigenvalue weighted by Gasteiger charge is -2.15. The molecule has 1 saturated heterocycles. The molecule has 0 spiro atoms. The van der Waals surface area contributed by atoms with Crippen molar-refractivity contribution in [1.82, 2.24) is 0 Å². The lowest BCUT2D eigenvalue weighted by molar-refractivity contribution is -0.122. The third kappa shape index (κ3) is 3.77. The molecule has 0 saturated carbocycles. The first kappa shape index (κ1) is 18.8. The number of hydrogen-bond donors (Lipinski definition) is 0. The van der Waals surface area contributed by atoms with Crippen molar-refractivity contribution >= 4 is 23.5 Å². The van der Waals surface area contributed by atoms with Crippen LogP contribution in [0.15, 0.2) is 48.5 Å². The number of esters is 1. The quantitative estimate of drug-likeness (QED) is 0.601. The fourth-order valence-electron chi connectivity index (χ4n) is 3.44. The van der Waals surface area contributed by atoms with Crippen LogP contribution in [0.5, 0.6) is 0 Å². The second kappa shape index (κ2) is 7.74. The summed E-state index contributed by atoms with van der Waals surface area (Å²) in [6.07, 6.45) is 0.533. The van der Waals surface area contributed by atoms with E-state index >= 15 is 0 Å². The van der Waals surface area contributed by atoms with Crippen molar-refractivity contribution in [1.29, 1.82) is 0 Å². The van der Waals surface area contributed by atoms with Gasteiger partial charge in [0.15, 0.2) is 0 Å². The number of nitrogens with zero attached hydrogens (tertiary/aromatic N) is 1. The highest BCUT2D eigenvalue weighted by Gasteiger charge is 2.45. The van der Waals surface area contributed by atoms with Crippen molar-refractivity contribution in [2.45, 2.75) is 27.2 Å². The van der Waals surface area contributed by atoms with Crippen molar-refractivity contribution in [3.8, 4) is 0 Å². The fraction of sp³-hybridized carbons (Fsp3) is 0.318. The van der Waals surface area contributed by atoms with Crippen molar-refractivity contribution in [2.24, 2.45) is 11.8 Å². The van der Waals surface area contributed by atoms with Crippen LogP contribution in [-0.2, 0) is 20.7 Å².